The number of nitrogens with zero attached hydrogens (tertiary/aromatic N) is 6. The monoisotopic (exact) mass is 458 g/mol. The maximum atomic E-state index is 4.75. The summed E-state index contributed by atoms with van der Waals surface area (Å²) in [5.41, 5.74) is 3.80. The highest BCUT2D eigenvalue weighted by molar-refractivity contribution is 14.1. The summed E-state index contributed by atoms with van der Waals surface area (Å²) in [6.07, 6.45) is 1.98. The van der Waals surface area contributed by atoms with Crippen molar-refractivity contribution in [3.8, 4) is 22.1 Å². The summed E-state index contributed by atoms with van der Waals surface area (Å²) in [7, 11) is 0. The zero-order valence-electron chi connectivity index (χ0n) is 13.1. The number of halogens is 1. The number of aromatic nitrogens is 6. The van der Waals surface area contributed by atoms with Crippen LogP contribution in [0.15, 0.2) is 48.7 Å². The molecular formula is C17H11IN6S. The molecule has 0 aliphatic carbocycles. The van der Waals surface area contributed by atoms with Crippen LogP contribution in [-0.2, 0) is 0 Å². The highest BCUT2D eigenvalue weighted by atomic mass is 127. The summed E-state index contributed by atoms with van der Waals surface area (Å²) >= 11 is 3.84. The normalized spacial score (nSPS) is 11.6. The Hall–Kier alpha value is -2.33. The predicted molar refractivity (Wildman–Crippen MR) is 106 cm³/mol. The van der Waals surface area contributed by atoms with Gasteiger partial charge < -0.3 is 0 Å². The van der Waals surface area contributed by atoms with Crippen molar-refractivity contribution in [3.05, 3.63) is 57.9 Å². The molecule has 0 aliphatic rings. The van der Waals surface area contributed by atoms with Gasteiger partial charge in [-0.15, -0.1) is 10.2 Å². The zero-order chi connectivity index (χ0) is 17.0. The highest BCUT2D eigenvalue weighted by Crippen LogP contribution is 2.30. The summed E-state index contributed by atoms with van der Waals surface area (Å²) in [5.74, 6) is 0.708. The third kappa shape index (κ3) is 2.35. The molecule has 5 rings (SSSR count). The van der Waals surface area contributed by atoms with Crippen molar-refractivity contribution in [2.45, 2.75) is 6.92 Å². The van der Waals surface area contributed by atoms with Gasteiger partial charge in [0.2, 0.25) is 10.8 Å². The molecule has 0 spiro atoms. The summed E-state index contributed by atoms with van der Waals surface area (Å²) in [5, 5.41) is 14.4. The van der Waals surface area contributed by atoms with E-state index in [4.69, 9.17) is 5.10 Å². The molecule has 0 saturated heterocycles. The topological polar surface area (TPSA) is 60.4 Å². The van der Waals surface area contributed by atoms with E-state index >= 15 is 0 Å². The molecule has 122 valence electrons. The average Bonchev–Trinajstić information content (AvgIpc) is 3.26. The molecule has 5 aromatic rings. The van der Waals surface area contributed by atoms with Crippen LogP contribution < -0.4 is 0 Å². The Morgan fingerprint density at radius 1 is 1.08 bits per heavy atom. The Balaban J connectivity index is 1.73. The van der Waals surface area contributed by atoms with E-state index in [1.54, 1.807) is 0 Å². The van der Waals surface area contributed by atoms with Gasteiger partial charge in [0.25, 0.3) is 0 Å². The molecule has 25 heavy (non-hydrogen) atoms. The molecule has 0 saturated carbocycles. The van der Waals surface area contributed by atoms with Crippen LogP contribution in [0.2, 0.25) is 0 Å². The predicted octanol–water partition coefficient (Wildman–Crippen LogP) is 4.08. The molecular weight excluding hydrogens is 447 g/mol. The lowest BCUT2D eigenvalue weighted by molar-refractivity contribution is 0.954. The van der Waals surface area contributed by atoms with Crippen LogP contribution in [0.1, 0.15) is 5.69 Å². The summed E-state index contributed by atoms with van der Waals surface area (Å²) in [6.45, 7) is 1.98. The minimum absolute atomic E-state index is 0.708. The zero-order valence-corrected chi connectivity index (χ0v) is 16.1. The molecule has 0 aliphatic heterocycles. The van der Waals surface area contributed by atoms with Crippen LogP contribution in [0.5, 0.6) is 0 Å². The van der Waals surface area contributed by atoms with Crippen molar-refractivity contribution in [2.75, 3.05) is 0 Å². The fourth-order valence-corrected chi connectivity index (χ4v) is 4.26. The van der Waals surface area contributed by atoms with E-state index in [0.717, 1.165) is 32.6 Å². The minimum Gasteiger partial charge on any atom is -0.297 e. The number of imidazole rings is 1. The van der Waals surface area contributed by atoms with E-state index in [-0.39, 0.29) is 0 Å². The van der Waals surface area contributed by atoms with E-state index in [2.05, 4.69) is 56.0 Å². The first-order valence-corrected chi connectivity index (χ1v) is 9.52. The van der Waals surface area contributed by atoms with Crippen molar-refractivity contribution >= 4 is 44.5 Å². The first-order chi connectivity index (χ1) is 12.2. The van der Waals surface area contributed by atoms with Gasteiger partial charge in [-0.1, -0.05) is 29.5 Å². The SMILES string of the molecule is Cc1nc2ccccn2c1-c1nnc2sc(-c3cccc(I)c3)nn12. The third-order valence-corrected chi connectivity index (χ3v) is 5.60. The van der Waals surface area contributed by atoms with Crippen LogP contribution in [0.3, 0.4) is 0 Å². The largest absolute Gasteiger partial charge is 0.297 e. The van der Waals surface area contributed by atoms with Gasteiger partial charge in [-0.2, -0.15) is 9.61 Å². The number of hydrogen-bond acceptors (Lipinski definition) is 5. The van der Waals surface area contributed by atoms with Crippen molar-refractivity contribution in [2.24, 2.45) is 0 Å². The average molecular weight is 458 g/mol. The van der Waals surface area contributed by atoms with Gasteiger partial charge in [0.05, 0.1) is 5.69 Å². The van der Waals surface area contributed by atoms with Crippen LogP contribution in [0, 0.1) is 10.5 Å². The number of aryl methyl sites for hydroxylation is 1. The molecule has 0 bridgehead atoms. The number of fused-ring (bicyclic) bond motifs is 2. The summed E-state index contributed by atoms with van der Waals surface area (Å²) < 4.78 is 5.01. The first kappa shape index (κ1) is 15.0. The second-order valence-corrected chi connectivity index (χ2v) is 7.81. The van der Waals surface area contributed by atoms with E-state index in [1.807, 2.05) is 46.3 Å². The van der Waals surface area contributed by atoms with Crippen molar-refractivity contribution < 1.29 is 0 Å². The summed E-state index contributed by atoms with van der Waals surface area (Å²) in [6, 6.07) is 14.2. The molecule has 4 heterocycles. The van der Waals surface area contributed by atoms with E-state index < -0.39 is 0 Å². The van der Waals surface area contributed by atoms with Gasteiger partial charge in [-0.3, -0.25) is 4.40 Å². The minimum atomic E-state index is 0.708. The Morgan fingerprint density at radius 2 is 2.00 bits per heavy atom. The van der Waals surface area contributed by atoms with Gasteiger partial charge in [0.15, 0.2) is 0 Å². The fraction of sp³-hybridized carbons (Fsp3) is 0.0588. The molecule has 0 radical (unpaired) electrons. The lowest BCUT2D eigenvalue weighted by atomic mass is 10.2. The van der Waals surface area contributed by atoms with E-state index in [0.29, 0.717) is 5.82 Å². The molecule has 0 amide bonds. The lowest BCUT2D eigenvalue weighted by Gasteiger charge is -1.99. The maximum Gasteiger partial charge on any atom is 0.235 e. The van der Waals surface area contributed by atoms with Crippen molar-refractivity contribution in [1.29, 1.82) is 0 Å². The van der Waals surface area contributed by atoms with Gasteiger partial charge in [0.1, 0.15) is 16.3 Å². The summed E-state index contributed by atoms with van der Waals surface area (Å²) in [4.78, 5) is 5.38. The van der Waals surface area contributed by atoms with Gasteiger partial charge in [-0.25, -0.2) is 4.98 Å². The lowest BCUT2D eigenvalue weighted by Crippen LogP contribution is -1.96. The maximum absolute atomic E-state index is 4.75. The van der Waals surface area contributed by atoms with Crippen LogP contribution >= 0.6 is 33.9 Å². The number of benzene rings is 1. The second-order valence-electron chi connectivity index (χ2n) is 5.61. The smallest absolute Gasteiger partial charge is 0.235 e. The number of rotatable bonds is 2. The fourth-order valence-electron chi connectivity index (χ4n) is 2.89. The number of pyridine rings is 1. The van der Waals surface area contributed by atoms with Crippen LogP contribution in [-0.4, -0.2) is 29.2 Å². The standard InChI is InChI=1S/C17H11IN6S/c1-10-14(23-8-3-2-7-13(23)19-10)15-20-21-17-24(15)22-16(25-17)11-5-4-6-12(18)9-11/h2-9H,1H3. The van der Waals surface area contributed by atoms with Gasteiger partial charge >= 0.3 is 0 Å². The molecule has 8 heteroatoms. The Kier molecular flexibility index (Phi) is 3.35. The second kappa shape index (κ2) is 5.60. The first-order valence-electron chi connectivity index (χ1n) is 7.63. The van der Waals surface area contributed by atoms with Crippen LogP contribution in [0.25, 0.3) is 32.7 Å². The number of hydrogen-bond donors (Lipinski definition) is 0. The molecule has 1 aromatic carbocycles. The molecule has 0 atom stereocenters. The molecule has 4 aromatic heterocycles. The third-order valence-electron chi connectivity index (χ3n) is 3.98. The van der Waals surface area contributed by atoms with Crippen LogP contribution in [0.4, 0.5) is 0 Å². The Labute approximate surface area is 160 Å². The quantitative estimate of drug-likeness (QED) is 0.374. The Bertz CT molecular complexity index is 1230. The van der Waals surface area contributed by atoms with Crippen molar-refractivity contribution in [1.82, 2.24) is 29.2 Å². The molecule has 0 unspecified atom stereocenters. The van der Waals surface area contributed by atoms with E-state index in [1.165, 1.54) is 14.9 Å². The Morgan fingerprint density at radius 3 is 2.88 bits per heavy atom. The molecule has 0 N–H and O–H groups in total. The van der Waals surface area contributed by atoms with E-state index in [9.17, 15) is 0 Å². The van der Waals surface area contributed by atoms with Gasteiger partial charge in [-0.05, 0) is 53.8 Å². The molecule has 6 nitrogen and oxygen atoms in total. The highest BCUT2D eigenvalue weighted by Gasteiger charge is 2.19. The molecule has 0 fully saturated rings. The van der Waals surface area contributed by atoms with Gasteiger partial charge in [0, 0.05) is 15.3 Å². The van der Waals surface area contributed by atoms with Crippen molar-refractivity contribution in [3.63, 3.8) is 0 Å².